The van der Waals surface area contributed by atoms with Gasteiger partial charge in [-0.1, -0.05) is 12.1 Å². The maximum atomic E-state index is 12.8. The van der Waals surface area contributed by atoms with E-state index in [0.717, 1.165) is 39.3 Å². The molecular formula is C20H31N3O2. The number of methoxy groups -OCH3 is 1. The van der Waals surface area contributed by atoms with E-state index in [1.165, 1.54) is 12.8 Å². The fourth-order valence-electron chi connectivity index (χ4n) is 4.11. The van der Waals surface area contributed by atoms with Crippen LogP contribution in [-0.4, -0.2) is 79.1 Å². The molecular weight excluding hydrogens is 314 g/mol. The largest absolute Gasteiger partial charge is 0.496 e. The van der Waals surface area contributed by atoms with Crippen LogP contribution in [0.3, 0.4) is 0 Å². The van der Waals surface area contributed by atoms with E-state index in [0.29, 0.717) is 23.4 Å². The lowest BCUT2D eigenvalue weighted by molar-refractivity contribution is 0.0611. The molecule has 5 nitrogen and oxygen atoms in total. The monoisotopic (exact) mass is 345 g/mol. The molecule has 1 aromatic rings. The van der Waals surface area contributed by atoms with Crippen molar-refractivity contribution in [2.75, 3.05) is 46.4 Å². The van der Waals surface area contributed by atoms with Crippen LogP contribution >= 0.6 is 0 Å². The summed E-state index contributed by atoms with van der Waals surface area (Å²) < 4.78 is 5.33. The molecule has 1 aromatic carbocycles. The van der Waals surface area contributed by atoms with Crippen molar-refractivity contribution in [1.82, 2.24) is 14.7 Å². The Morgan fingerprint density at radius 2 is 1.68 bits per heavy atom. The lowest BCUT2D eigenvalue weighted by Gasteiger charge is -2.36. The Morgan fingerprint density at radius 3 is 2.32 bits per heavy atom. The lowest BCUT2D eigenvalue weighted by Crippen LogP contribution is -2.50. The normalized spacial score (nSPS) is 25.3. The Hall–Kier alpha value is -1.59. The maximum absolute atomic E-state index is 12.8. The summed E-state index contributed by atoms with van der Waals surface area (Å²) in [4.78, 5) is 19.8. The van der Waals surface area contributed by atoms with Gasteiger partial charge in [-0.3, -0.25) is 14.6 Å². The minimum absolute atomic E-state index is 0.0823. The van der Waals surface area contributed by atoms with E-state index in [2.05, 4.69) is 23.6 Å². The Balaban J connectivity index is 1.49. The predicted octanol–water partition coefficient (Wildman–Crippen LogP) is 2.33. The molecule has 0 aromatic heterocycles. The Bertz CT molecular complexity index is 574. The van der Waals surface area contributed by atoms with Gasteiger partial charge in [-0.05, 0) is 38.8 Å². The van der Waals surface area contributed by atoms with Gasteiger partial charge in [0, 0.05) is 51.4 Å². The van der Waals surface area contributed by atoms with Gasteiger partial charge in [0.05, 0.1) is 12.7 Å². The van der Waals surface area contributed by atoms with Crippen LogP contribution in [0.5, 0.6) is 5.75 Å². The number of piperazine rings is 1. The SMILES string of the molecule is COc1ccccc1C(=O)N1CCN(CCN2[C@H](C)CC[C@H]2C)CC1. The summed E-state index contributed by atoms with van der Waals surface area (Å²) in [6, 6.07) is 8.91. The van der Waals surface area contributed by atoms with E-state index >= 15 is 0 Å². The average molecular weight is 345 g/mol. The first-order valence-corrected chi connectivity index (χ1v) is 9.50. The first-order valence-electron chi connectivity index (χ1n) is 9.50. The maximum Gasteiger partial charge on any atom is 0.257 e. The summed E-state index contributed by atoms with van der Waals surface area (Å²) in [5, 5.41) is 0. The zero-order valence-electron chi connectivity index (χ0n) is 15.8. The van der Waals surface area contributed by atoms with Gasteiger partial charge in [-0.15, -0.1) is 0 Å². The zero-order valence-corrected chi connectivity index (χ0v) is 15.8. The summed E-state index contributed by atoms with van der Waals surface area (Å²) in [6.07, 6.45) is 2.64. The Morgan fingerprint density at radius 1 is 1.04 bits per heavy atom. The molecule has 138 valence electrons. The fraction of sp³-hybridized carbons (Fsp3) is 0.650. The van der Waals surface area contributed by atoms with Gasteiger partial charge >= 0.3 is 0 Å². The molecule has 0 aliphatic carbocycles. The average Bonchev–Trinajstić information content (AvgIpc) is 2.97. The Labute approximate surface area is 151 Å². The van der Waals surface area contributed by atoms with E-state index in [-0.39, 0.29) is 5.91 Å². The molecule has 5 heteroatoms. The molecule has 2 aliphatic rings. The molecule has 2 atom stereocenters. The molecule has 0 unspecified atom stereocenters. The molecule has 25 heavy (non-hydrogen) atoms. The minimum atomic E-state index is 0.0823. The number of amides is 1. The van der Waals surface area contributed by atoms with Crippen molar-refractivity contribution < 1.29 is 9.53 Å². The lowest BCUT2D eigenvalue weighted by atomic mass is 10.1. The molecule has 2 aliphatic heterocycles. The van der Waals surface area contributed by atoms with Crippen molar-refractivity contribution in [2.45, 2.75) is 38.8 Å². The molecule has 3 rings (SSSR count). The van der Waals surface area contributed by atoms with E-state index in [1.807, 2.05) is 29.2 Å². The molecule has 0 radical (unpaired) electrons. The van der Waals surface area contributed by atoms with E-state index in [4.69, 9.17) is 4.74 Å². The van der Waals surface area contributed by atoms with Gasteiger partial charge in [0.2, 0.25) is 0 Å². The van der Waals surface area contributed by atoms with Crippen LogP contribution in [0.4, 0.5) is 0 Å². The van der Waals surface area contributed by atoms with Crippen molar-refractivity contribution in [3.05, 3.63) is 29.8 Å². The number of carbonyl (C=O) groups excluding carboxylic acids is 1. The second-order valence-electron chi connectivity index (χ2n) is 7.35. The second kappa shape index (κ2) is 8.19. The third kappa shape index (κ3) is 4.15. The highest BCUT2D eigenvalue weighted by Gasteiger charge is 2.28. The first-order chi connectivity index (χ1) is 12.1. The first kappa shape index (κ1) is 18.2. The predicted molar refractivity (Wildman–Crippen MR) is 100 cm³/mol. The van der Waals surface area contributed by atoms with Crippen molar-refractivity contribution >= 4 is 5.91 Å². The standard InChI is InChI=1S/C20H31N3O2/c1-16-8-9-17(2)23(16)15-12-21-10-13-22(14-11-21)20(24)18-6-4-5-7-19(18)25-3/h4-7,16-17H,8-15H2,1-3H3/t16-,17-/m1/s1. The van der Waals surface area contributed by atoms with Crippen molar-refractivity contribution in [3.8, 4) is 5.75 Å². The fourth-order valence-corrected chi connectivity index (χ4v) is 4.11. The number of likely N-dealkylation sites (tertiary alicyclic amines) is 1. The summed E-state index contributed by atoms with van der Waals surface area (Å²) in [5.74, 6) is 0.742. The van der Waals surface area contributed by atoms with Crippen LogP contribution < -0.4 is 4.74 Å². The van der Waals surface area contributed by atoms with Crippen molar-refractivity contribution in [1.29, 1.82) is 0 Å². The van der Waals surface area contributed by atoms with Crippen LogP contribution in [0.2, 0.25) is 0 Å². The molecule has 1 amide bonds. The summed E-state index contributed by atoms with van der Waals surface area (Å²) >= 11 is 0. The van der Waals surface area contributed by atoms with Crippen LogP contribution in [-0.2, 0) is 0 Å². The van der Waals surface area contributed by atoms with Gasteiger partial charge in [0.1, 0.15) is 5.75 Å². The molecule has 2 heterocycles. The number of carbonyl (C=O) groups is 1. The number of hydrogen-bond donors (Lipinski definition) is 0. The topological polar surface area (TPSA) is 36.0 Å². The van der Waals surface area contributed by atoms with Crippen molar-refractivity contribution in [3.63, 3.8) is 0 Å². The van der Waals surface area contributed by atoms with Gasteiger partial charge in [0.25, 0.3) is 5.91 Å². The summed E-state index contributed by atoms with van der Waals surface area (Å²) in [7, 11) is 1.62. The van der Waals surface area contributed by atoms with Crippen LogP contribution in [0.1, 0.15) is 37.0 Å². The van der Waals surface area contributed by atoms with E-state index in [1.54, 1.807) is 7.11 Å². The second-order valence-corrected chi connectivity index (χ2v) is 7.35. The third-order valence-electron chi connectivity index (χ3n) is 5.81. The zero-order chi connectivity index (χ0) is 17.8. The number of rotatable bonds is 5. The van der Waals surface area contributed by atoms with Gasteiger partial charge in [0.15, 0.2) is 0 Å². The van der Waals surface area contributed by atoms with Crippen molar-refractivity contribution in [2.24, 2.45) is 0 Å². The highest BCUT2D eigenvalue weighted by atomic mass is 16.5. The Kier molecular flexibility index (Phi) is 5.97. The molecule has 2 saturated heterocycles. The molecule has 0 spiro atoms. The smallest absolute Gasteiger partial charge is 0.257 e. The highest BCUT2D eigenvalue weighted by molar-refractivity contribution is 5.97. The summed E-state index contributed by atoms with van der Waals surface area (Å²) in [6.45, 7) is 10.4. The molecule has 0 N–H and O–H groups in total. The molecule has 0 saturated carbocycles. The van der Waals surface area contributed by atoms with E-state index < -0.39 is 0 Å². The third-order valence-corrected chi connectivity index (χ3v) is 5.81. The van der Waals surface area contributed by atoms with Crippen LogP contribution in [0.15, 0.2) is 24.3 Å². The molecule has 0 bridgehead atoms. The number of para-hydroxylation sites is 1. The number of benzene rings is 1. The van der Waals surface area contributed by atoms with Gasteiger partial charge < -0.3 is 9.64 Å². The van der Waals surface area contributed by atoms with Gasteiger partial charge in [-0.2, -0.15) is 0 Å². The van der Waals surface area contributed by atoms with Crippen LogP contribution in [0, 0.1) is 0 Å². The highest BCUT2D eigenvalue weighted by Crippen LogP contribution is 2.23. The summed E-state index contributed by atoms with van der Waals surface area (Å²) in [5.41, 5.74) is 0.665. The number of hydrogen-bond acceptors (Lipinski definition) is 4. The minimum Gasteiger partial charge on any atom is -0.496 e. The number of ether oxygens (including phenoxy) is 1. The van der Waals surface area contributed by atoms with Gasteiger partial charge in [-0.25, -0.2) is 0 Å². The van der Waals surface area contributed by atoms with E-state index in [9.17, 15) is 4.79 Å². The number of nitrogens with zero attached hydrogens (tertiary/aromatic N) is 3. The quantitative estimate of drug-likeness (QED) is 0.821. The molecule has 2 fully saturated rings. The van der Waals surface area contributed by atoms with Crippen LogP contribution in [0.25, 0.3) is 0 Å².